The molecule has 10 heteroatoms. The van der Waals surface area contributed by atoms with Crippen LogP contribution in [0.25, 0.3) is 0 Å². The van der Waals surface area contributed by atoms with Gasteiger partial charge in [0.1, 0.15) is 0 Å². The number of halogens is 4. The van der Waals surface area contributed by atoms with Crippen molar-refractivity contribution in [2.24, 2.45) is 0 Å². The minimum atomic E-state index is -0.890. The van der Waals surface area contributed by atoms with Crippen molar-refractivity contribution in [2.75, 3.05) is 0 Å². The molecule has 1 aromatic carbocycles. The highest BCUT2D eigenvalue weighted by molar-refractivity contribution is 6.30. The van der Waals surface area contributed by atoms with Crippen LogP contribution in [0.1, 0.15) is 0 Å². The third-order valence-electron chi connectivity index (χ3n) is 2.60. The van der Waals surface area contributed by atoms with Gasteiger partial charge in [0, 0.05) is 0 Å². The number of nitrogens with zero attached hydrogens (tertiary/aromatic N) is 4. The van der Waals surface area contributed by atoms with Gasteiger partial charge in [-0.25, -0.2) is 28.7 Å². The molecule has 0 unspecified atom stereocenters. The molecule has 3 aromatic rings. The fourth-order valence-corrected chi connectivity index (χ4v) is 1.79. The number of rotatable bonds is 4. The quantitative estimate of drug-likeness (QED) is 0.676. The summed E-state index contributed by atoms with van der Waals surface area (Å²) in [6, 6.07) is 1.25. The zero-order valence-corrected chi connectivity index (χ0v) is 13.1. The molecule has 122 valence electrons. The van der Waals surface area contributed by atoms with E-state index in [0.29, 0.717) is 0 Å². The highest BCUT2D eigenvalue weighted by Gasteiger charge is 2.20. The lowest BCUT2D eigenvalue weighted by atomic mass is 10.3. The molecule has 0 aliphatic rings. The smallest absolute Gasteiger partial charge is 0.322 e. The Morgan fingerprint density at radius 2 is 1.00 bits per heavy atom. The summed E-state index contributed by atoms with van der Waals surface area (Å²) in [7, 11) is 0. The minimum absolute atomic E-state index is 0.245. The molecule has 24 heavy (non-hydrogen) atoms. The molecular weight excluding hydrogens is 365 g/mol. The SMILES string of the molecule is Fc1ccc(F)c(Oc2ncc(Cl)cn2)c1Oc1ncc(Cl)cn1. The maximum absolute atomic E-state index is 14.0. The summed E-state index contributed by atoms with van der Waals surface area (Å²) >= 11 is 11.3. The molecule has 0 aliphatic carbocycles. The number of aromatic nitrogens is 4. The molecule has 0 saturated carbocycles. The van der Waals surface area contributed by atoms with Crippen molar-refractivity contribution in [2.45, 2.75) is 0 Å². The second kappa shape index (κ2) is 6.90. The first-order chi connectivity index (χ1) is 11.5. The van der Waals surface area contributed by atoms with Crippen molar-refractivity contribution in [1.82, 2.24) is 19.9 Å². The van der Waals surface area contributed by atoms with Crippen LogP contribution in [0.2, 0.25) is 10.0 Å². The van der Waals surface area contributed by atoms with Crippen molar-refractivity contribution >= 4 is 23.2 Å². The second-order valence-electron chi connectivity index (χ2n) is 4.26. The molecule has 0 radical (unpaired) electrons. The fourth-order valence-electron chi connectivity index (χ4n) is 1.59. The summed E-state index contributed by atoms with van der Waals surface area (Å²) < 4.78 is 38.4. The maximum Gasteiger partial charge on any atom is 0.322 e. The lowest BCUT2D eigenvalue weighted by Crippen LogP contribution is -2.00. The van der Waals surface area contributed by atoms with Crippen LogP contribution < -0.4 is 9.47 Å². The Hall–Kier alpha value is -2.58. The number of hydrogen-bond acceptors (Lipinski definition) is 6. The topological polar surface area (TPSA) is 70.0 Å². The summed E-state index contributed by atoms with van der Waals surface area (Å²) in [5.74, 6) is -2.90. The van der Waals surface area contributed by atoms with Gasteiger partial charge in [-0.1, -0.05) is 23.2 Å². The van der Waals surface area contributed by atoms with E-state index in [2.05, 4.69) is 19.9 Å². The van der Waals surface area contributed by atoms with Gasteiger partial charge in [0.2, 0.25) is 11.5 Å². The molecule has 0 saturated heterocycles. The van der Waals surface area contributed by atoms with Crippen molar-refractivity contribution in [3.05, 3.63) is 58.6 Å². The zero-order valence-electron chi connectivity index (χ0n) is 11.6. The largest absolute Gasteiger partial charge is 0.417 e. The van der Waals surface area contributed by atoms with E-state index in [9.17, 15) is 8.78 Å². The van der Waals surface area contributed by atoms with E-state index in [-0.39, 0.29) is 22.1 Å². The van der Waals surface area contributed by atoms with Gasteiger partial charge >= 0.3 is 12.0 Å². The molecule has 0 N–H and O–H groups in total. The Morgan fingerprint density at radius 1 is 0.667 bits per heavy atom. The second-order valence-corrected chi connectivity index (χ2v) is 5.13. The molecule has 0 bridgehead atoms. The number of benzene rings is 1. The van der Waals surface area contributed by atoms with E-state index in [1.807, 2.05) is 0 Å². The third-order valence-corrected chi connectivity index (χ3v) is 2.99. The summed E-state index contributed by atoms with van der Waals surface area (Å²) in [5.41, 5.74) is 0. The van der Waals surface area contributed by atoms with Crippen LogP contribution in [0.15, 0.2) is 36.9 Å². The van der Waals surface area contributed by atoms with Crippen molar-refractivity contribution in [3.63, 3.8) is 0 Å². The Labute approximate surface area is 144 Å². The first kappa shape index (κ1) is 16.3. The summed E-state index contributed by atoms with van der Waals surface area (Å²) in [6.07, 6.45) is 4.96. The van der Waals surface area contributed by atoms with Crippen LogP contribution in [0.3, 0.4) is 0 Å². The van der Waals surface area contributed by atoms with Crippen LogP contribution >= 0.6 is 23.2 Å². The van der Waals surface area contributed by atoms with Crippen molar-refractivity contribution in [3.8, 4) is 23.5 Å². The fraction of sp³-hybridized carbons (Fsp3) is 0. The van der Waals surface area contributed by atoms with Crippen LogP contribution in [-0.4, -0.2) is 19.9 Å². The van der Waals surface area contributed by atoms with Gasteiger partial charge in [0.15, 0.2) is 11.6 Å². The summed E-state index contributed by atoms with van der Waals surface area (Å²) in [5, 5.41) is 0.515. The molecule has 0 aliphatic heterocycles. The van der Waals surface area contributed by atoms with Crippen LogP contribution in [0.4, 0.5) is 8.78 Å². The highest BCUT2D eigenvalue weighted by Crippen LogP contribution is 2.37. The standard InChI is InChI=1S/C14H6Cl2F2N4O2/c15-7-3-19-13(20-4-7)23-11-9(17)1-2-10(18)12(11)24-14-21-5-8(16)6-22-14/h1-6H. The first-order valence-electron chi connectivity index (χ1n) is 6.32. The van der Waals surface area contributed by atoms with E-state index in [1.165, 1.54) is 24.8 Å². The van der Waals surface area contributed by atoms with Gasteiger partial charge in [-0.2, -0.15) is 0 Å². The van der Waals surface area contributed by atoms with Crippen LogP contribution in [0, 0.1) is 11.6 Å². The number of hydrogen-bond donors (Lipinski definition) is 0. The predicted molar refractivity (Wildman–Crippen MR) is 80.6 cm³/mol. The minimum Gasteiger partial charge on any atom is -0.417 e. The number of ether oxygens (including phenoxy) is 2. The van der Waals surface area contributed by atoms with Crippen LogP contribution in [-0.2, 0) is 0 Å². The average molecular weight is 371 g/mol. The van der Waals surface area contributed by atoms with Gasteiger partial charge < -0.3 is 9.47 Å². The first-order valence-corrected chi connectivity index (χ1v) is 7.07. The summed E-state index contributed by atoms with van der Waals surface area (Å²) in [4.78, 5) is 15.0. The predicted octanol–water partition coefficient (Wildman–Crippen LogP) is 4.44. The monoisotopic (exact) mass is 370 g/mol. The lowest BCUT2D eigenvalue weighted by molar-refractivity contribution is 0.348. The maximum atomic E-state index is 14.0. The van der Waals surface area contributed by atoms with Gasteiger partial charge in [0.25, 0.3) is 0 Å². The zero-order chi connectivity index (χ0) is 17.1. The molecule has 2 heterocycles. The Bertz CT molecular complexity index is 791. The van der Waals surface area contributed by atoms with E-state index in [0.717, 1.165) is 12.1 Å². The Kier molecular flexibility index (Phi) is 4.68. The van der Waals surface area contributed by atoms with E-state index in [1.54, 1.807) is 0 Å². The molecule has 0 spiro atoms. The normalized spacial score (nSPS) is 10.5. The molecule has 0 amide bonds. The Morgan fingerprint density at radius 3 is 1.33 bits per heavy atom. The van der Waals surface area contributed by atoms with Crippen LogP contribution in [0.5, 0.6) is 23.5 Å². The van der Waals surface area contributed by atoms with Gasteiger partial charge in [-0.3, -0.25) is 0 Å². The highest BCUT2D eigenvalue weighted by atomic mass is 35.5. The molecule has 6 nitrogen and oxygen atoms in total. The molecule has 3 rings (SSSR count). The van der Waals surface area contributed by atoms with E-state index < -0.39 is 23.1 Å². The third kappa shape index (κ3) is 3.66. The van der Waals surface area contributed by atoms with Gasteiger partial charge in [-0.05, 0) is 12.1 Å². The molecule has 0 atom stereocenters. The van der Waals surface area contributed by atoms with Gasteiger partial charge in [-0.15, -0.1) is 0 Å². The van der Waals surface area contributed by atoms with Crippen molar-refractivity contribution < 1.29 is 18.3 Å². The van der Waals surface area contributed by atoms with E-state index >= 15 is 0 Å². The lowest BCUT2D eigenvalue weighted by Gasteiger charge is -2.11. The molecular formula is C14H6Cl2F2N4O2. The van der Waals surface area contributed by atoms with Gasteiger partial charge in [0.05, 0.1) is 34.8 Å². The molecule has 0 fully saturated rings. The Balaban J connectivity index is 1.97. The molecule has 2 aromatic heterocycles. The van der Waals surface area contributed by atoms with E-state index in [4.69, 9.17) is 32.7 Å². The summed E-state index contributed by atoms with van der Waals surface area (Å²) in [6.45, 7) is 0. The van der Waals surface area contributed by atoms with Crippen molar-refractivity contribution in [1.29, 1.82) is 0 Å². The average Bonchev–Trinajstić information content (AvgIpc) is 2.58.